The van der Waals surface area contributed by atoms with Crippen LogP contribution in [-0.4, -0.2) is 49.4 Å². The van der Waals surface area contributed by atoms with Gasteiger partial charge >= 0.3 is 0 Å². The van der Waals surface area contributed by atoms with Crippen molar-refractivity contribution >= 4 is 23.2 Å². The second-order valence-electron chi connectivity index (χ2n) is 4.46. The first-order chi connectivity index (χ1) is 9.56. The Bertz CT molecular complexity index is 455. The molecule has 0 saturated carbocycles. The van der Waals surface area contributed by atoms with E-state index in [4.69, 9.17) is 0 Å². The molecule has 0 aliphatic rings. The van der Waals surface area contributed by atoms with Gasteiger partial charge in [-0.2, -0.15) is 0 Å². The number of carbonyl (C=O) groups excluding carboxylic acids is 1. The van der Waals surface area contributed by atoms with Crippen LogP contribution in [0.4, 0.5) is 0 Å². The fourth-order valence-electron chi connectivity index (χ4n) is 1.48. The molecule has 0 spiro atoms. The number of rotatable bonds is 6. The van der Waals surface area contributed by atoms with E-state index in [1.54, 1.807) is 37.4 Å². The van der Waals surface area contributed by atoms with E-state index < -0.39 is 0 Å². The standard InChI is InChI=1S/C13H23N5OS/c1-5-10-8-16-11(20-10)9-17-13(14-2)15-7-6-12(19)18(3)4/h8H,5-7,9H2,1-4H3,(H2,14,15,17). The molecule has 0 fully saturated rings. The molecule has 1 aromatic rings. The molecule has 1 rings (SSSR count). The summed E-state index contributed by atoms with van der Waals surface area (Å²) in [4.78, 5) is 22.8. The van der Waals surface area contributed by atoms with E-state index >= 15 is 0 Å². The fraction of sp³-hybridized carbons (Fsp3) is 0.615. The van der Waals surface area contributed by atoms with Crippen molar-refractivity contribution in [3.8, 4) is 0 Å². The highest BCUT2D eigenvalue weighted by Crippen LogP contribution is 2.12. The van der Waals surface area contributed by atoms with E-state index in [0.29, 0.717) is 25.5 Å². The Balaban J connectivity index is 2.31. The molecule has 1 aromatic heterocycles. The van der Waals surface area contributed by atoms with Crippen LogP contribution in [0.3, 0.4) is 0 Å². The molecule has 6 nitrogen and oxygen atoms in total. The van der Waals surface area contributed by atoms with Gasteiger partial charge in [0.2, 0.25) is 5.91 Å². The zero-order valence-electron chi connectivity index (χ0n) is 12.6. The zero-order valence-corrected chi connectivity index (χ0v) is 13.4. The Kier molecular flexibility index (Phi) is 7.00. The van der Waals surface area contributed by atoms with Gasteiger partial charge < -0.3 is 15.5 Å². The summed E-state index contributed by atoms with van der Waals surface area (Å²) in [6.07, 6.45) is 3.37. The first kappa shape index (κ1) is 16.4. The summed E-state index contributed by atoms with van der Waals surface area (Å²) in [7, 11) is 5.22. The maximum atomic E-state index is 11.4. The molecule has 0 aromatic carbocycles. The van der Waals surface area contributed by atoms with Crippen LogP contribution in [0.5, 0.6) is 0 Å². The van der Waals surface area contributed by atoms with Crippen molar-refractivity contribution in [1.29, 1.82) is 0 Å². The maximum absolute atomic E-state index is 11.4. The lowest BCUT2D eigenvalue weighted by Crippen LogP contribution is -2.38. The first-order valence-corrected chi connectivity index (χ1v) is 7.46. The lowest BCUT2D eigenvalue weighted by atomic mass is 10.4. The van der Waals surface area contributed by atoms with Crippen molar-refractivity contribution < 1.29 is 4.79 Å². The van der Waals surface area contributed by atoms with Gasteiger partial charge in [0.1, 0.15) is 5.01 Å². The summed E-state index contributed by atoms with van der Waals surface area (Å²) in [6.45, 7) is 3.33. The van der Waals surface area contributed by atoms with E-state index in [1.807, 2.05) is 6.20 Å². The smallest absolute Gasteiger partial charge is 0.223 e. The Morgan fingerprint density at radius 2 is 2.20 bits per heavy atom. The third-order valence-corrected chi connectivity index (χ3v) is 3.85. The topological polar surface area (TPSA) is 69.6 Å². The molecule has 2 N–H and O–H groups in total. The summed E-state index contributed by atoms with van der Waals surface area (Å²) >= 11 is 1.70. The SMILES string of the molecule is CCc1cnc(CNC(=NC)NCCC(=O)N(C)C)s1. The number of nitrogens with one attached hydrogen (secondary N) is 2. The molecule has 0 radical (unpaired) electrons. The second kappa shape index (κ2) is 8.52. The van der Waals surface area contributed by atoms with Gasteiger partial charge in [0, 0.05) is 45.2 Å². The van der Waals surface area contributed by atoms with Gasteiger partial charge in [-0.05, 0) is 6.42 Å². The van der Waals surface area contributed by atoms with Gasteiger partial charge in [0.25, 0.3) is 0 Å². The Hall–Kier alpha value is -1.63. The van der Waals surface area contributed by atoms with Crippen molar-refractivity contribution in [2.24, 2.45) is 4.99 Å². The number of aromatic nitrogens is 1. The summed E-state index contributed by atoms with van der Waals surface area (Å²) < 4.78 is 0. The van der Waals surface area contributed by atoms with Crippen molar-refractivity contribution in [3.63, 3.8) is 0 Å². The highest BCUT2D eigenvalue weighted by atomic mass is 32.1. The Morgan fingerprint density at radius 1 is 1.45 bits per heavy atom. The first-order valence-electron chi connectivity index (χ1n) is 6.65. The minimum atomic E-state index is 0.0977. The molecule has 1 amide bonds. The number of amides is 1. The average molecular weight is 297 g/mol. The fourth-order valence-corrected chi connectivity index (χ4v) is 2.29. The molecule has 0 atom stereocenters. The van der Waals surface area contributed by atoms with Gasteiger partial charge in [-0.1, -0.05) is 6.92 Å². The number of aliphatic imine (C=N–C) groups is 1. The lowest BCUT2D eigenvalue weighted by molar-refractivity contribution is -0.128. The lowest BCUT2D eigenvalue weighted by Gasteiger charge is -2.13. The van der Waals surface area contributed by atoms with Crippen LogP contribution in [-0.2, 0) is 17.8 Å². The normalized spacial score (nSPS) is 11.3. The average Bonchev–Trinajstić information content (AvgIpc) is 2.90. The number of hydrogen-bond donors (Lipinski definition) is 2. The van der Waals surface area contributed by atoms with Crippen LogP contribution in [0.2, 0.25) is 0 Å². The second-order valence-corrected chi connectivity index (χ2v) is 5.66. The van der Waals surface area contributed by atoms with Crippen molar-refractivity contribution in [2.75, 3.05) is 27.7 Å². The molecule has 0 saturated heterocycles. The van der Waals surface area contributed by atoms with Gasteiger partial charge in [-0.3, -0.25) is 9.79 Å². The van der Waals surface area contributed by atoms with Crippen molar-refractivity contribution in [1.82, 2.24) is 20.5 Å². The highest BCUT2D eigenvalue weighted by molar-refractivity contribution is 7.11. The molecular weight excluding hydrogens is 274 g/mol. The number of guanidine groups is 1. The van der Waals surface area contributed by atoms with Crippen LogP contribution in [0, 0.1) is 0 Å². The summed E-state index contributed by atoms with van der Waals surface area (Å²) in [6, 6.07) is 0. The monoisotopic (exact) mass is 297 g/mol. The number of thiazole rings is 1. The number of aryl methyl sites for hydroxylation is 1. The van der Waals surface area contributed by atoms with E-state index in [1.165, 1.54) is 4.88 Å². The number of nitrogens with zero attached hydrogens (tertiary/aromatic N) is 3. The molecule has 20 heavy (non-hydrogen) atoms. The van der Waals surface area contributed by atoms with E-state index in [2.05, 4.69) is 27.5 Å². The Morgan fingerprint density at radius 3 is 2.75 bits per heavy atom. The van der Waals surface area contributed by atoms with Crippen LogP contribution >= 0.6 is 11.3 Å². The zero-order chi connectivity index (χ0) is 15.0. The molecule has 0 aliphatic carbocycles. The molecule has 0 bridgehead atoms. The highest BCUT2D eigenvalue weighted by Gasteiger charge is 2.05. The number of carbonyl (C=O) groups is 1. The molecule has 1 heterocycles. The van der Waals surface area contributed by atoms with Crippen LogP contribution < -0.4 is 10.6 Å². The molecule has 112 valence electrons. The summed E-state index contributed by atoms with van der Waals surface area (Å²) in [5.41, 5.74) is 0. The van der Waals surface area contributed by atoms with Gasteiger partial charge in [-0.15, -0.1) is 11.3 Å². The largest absolute Gasteiger partial charge is 0.356 e. The van der Waals surface area contributed by atoms with E-state index in [-0.39, 0.29) is 5.91 Å². The Labute approximate surface area is 124 Å². The van der Waals surface area contributed by atoms with Crippen LogP contribution in [0.15, 0.2) is 11.2 Å². The van der Waals surface area contributed by atoms with Gasteiger partial charge in [0.05, 0.1) is 6.54 Å². The van der Waals surface area contributed by atoms with Crippen LogP contribution in [0.1, 0.15) is 23.2 Å². The van der Waals surface area contributed by atoms with Crippen LogP contribution in [0.25, 0.3) is 0 Å². The summed E-state index contributed by atoms with van der Waals surface area (Å²) in [5.74, 6) is 0.783. The third kappa shape index (κ3) is 5.56. The van der Waals surface area contributed by atoms with E-state index in [0.717, 1.165) is 11.4 Å². The predicted molar refractivity (Wildman–Crippen MR) is 83.0 cm³/mol. The molecule has 0 aliphatic heterocycles. The third-order valence-electron chi connectivity index (χ3n) is 2.71. The van der Waals surface area contributed by atoms with Gasteiger partial charge in [0.15, 0.2) is 5.96 Å². The predicted octanol–water partition coefficient (Wildman–Crippen LogP) is 0.849. The molecular formula is C13H23N5OS. The molecule has 0 unspecified atom stereocenters. The minimum absolute atomic E-state index is 0.0977. The maximum Gasteiger partial charge on any atom is 0.223 e. The summed E-state index contributed by atoms with van der Waals surface area (Å²) in [5, 5.41) is 7.34. The van der Waals surface area contributed by atoms with E-state index in [9.17, 15) is 4.79 Å². The van der Waals surface area contributed by atoms with Crippen molar-refractivity contribution in [2.45, 2.75) is 26.3 Å². The molecule has 7 heteroatoms. The number of hydrogen-bond acceptors (Lipinski definition) is 4. The van der Waals surface area contributed by atoms with Gasteiger partial charge in [-0.25, -0.2) is 4.98 Å². The quantitative estimate of drug-likeness (QED) is 0.603. The minimum Gasteiger partial charge on any atom is -0.356 e. The van der Waals surface area contributed by atoms with Crippen molar-refractivity contribution in [3.05, 3.63) is 16.1 Å².